The predicted octanol–water partition coefficient (Wildman–Crippen LogP) is 0.749. The molecule has 0 aliphatic carbocycles. The van der Waals surface area contributed by atoms with Gasteiger partial charge in [0.15, 0.2) is 11.5 Å². The fourth-order valence-corrected chi connectivity index (χ4v) is 1.51. The summed E-state index contributed by atoms with van der Waals surface area (Å²) in [6.45, 7) is 0.336. The summed E-state index contributed by atoms with van der Waals surface area (Å²) < 4.78 is 15.3. The van der Waals surface area contributed by atoms with Gasteiger partial charge in [-0.05, 0) is 12.1 Å². The third-order valence-corrected chi connectivity index (χ3v) is 2.43. The Morgan fingerprint density at radius 3 is 2.89 bits per heavy atom. The zero-order valence-electron chi connectivity index (χ0n) is 9.84. The molecule has 1 atom stereocenters. The smallest absolute Gasteiger partial charge is 0.254 e. The van der Waals surface area contributed by atoms with Crippen LogP contribution in [0.15, 0.2) is 18.2 Å². The first-order chi connectivity index (χ1) is 8.24. The van der Waals surface area contributed by atoms with Gasteiger partial charge in [0.1, 0.15) is 6.10 Å². The van der Waals surface area contributed by atoms with Crippen molar-refractivity contribution in [2.45, 2.75) is 6.10 Å². The first-order valence-corrected chi connectivity index (χ1v) is 5.18. The number of carbonyl (C=O) groups excluding carboxylic acids is 1. The highest BCUT2D eigenvalue weighted by Crippen LogP contribution is 2.34. The number of hydrogen-bond acceptors (Lipinski definition) is 5. The van der Waals surface area contributed by atoms with Crippen LogP contribution < -0.4 is 20.5 Å². The van der Waals surface area contributed by atoms with E-state index in [1.165, 1.54) is 7.11 Å². The molecule has 1 aliphatic heterocycles. The number of ether oxygens (including phenoxy) is 3. The molecular weight excluding hydrogens is 260 g/mol. The van der Waals surface area contributed by atoms with Gasteiger partial charge in [-0.25, -0.2) is 0 Å². The van der Waals surface area contributed by atoms with E-state index in [0.29, 0.717) is 17.2 Å². The molecule has 0 aromatic heterocycles. The Balaban J connectivity index is 0.00000162. The van der Waals surface area contributed by atoms with Gasteiger partial charge in [-0.3, -0.25) is 4.79 Å². The fourth-order valence-electron chi connectivity index (χ4n) is 1.51. The van der Waals surface area contributed by atoms with Crippen molar-refractivity contribution in [3.63, 3.8) is 0 Å². The van der Waals surface area contributed by atoms with Gasteiger partial charge in [0.25, 0.3) is 5.91 Å². The van der Waals surface area contributed by atoms with Gasteiger partial charge in [-0.1, -0.05) is 0 Å². The highest BCUT2D eigenvalue weighted by Gasteiger charge is 2.18. The monoisotopic (exact) mass is 274 g/mol. The number of anilines is 1. The van der Waals surface area contributed by atoms with E-state index in [2.05, 4.69) is 5.32 Å². The summed E-state index contributed by atoms with van der Waals surface area (Å²) in [5.74, 6) is 1.00. The maximum Gasteiger partial charge on any atom is 0.254 e. The van der Waals surface area contributed by atoms with E-state index in [4.69, 9.17) is 19.9 Å². The Morgan fingerprint density at radius 2 is 2.22 bits per heavy atom. The number of fused-ring (bicyclic) bond motifs is 1. The number of rotatable bonds is 4. The topological polar surface area (TPSA) is 82.8 Å². The van der Waals surface area contributed by atoms with E-state index >= 15 is 0 Å². The quantitative estimate of drug-likeness (QED) is 0.847. The third-order valence-electron chi connectivity index (χ3n) is 2.43. The molecule has 3 N–H and O–H groups in total. The molecule has 0 saturated heterocycles. The number of benzene rings is 1. The second kappa shape index (κ2) is 6.44. The summed E-state index contributed by atoms with van der Waals surface area (Å²) in [6, 6.07) is 5.17. The average molecular weight is 275 g/mol. The van der Waals surface area contributed by atoms with Gasteiger partial charge < -0.3 is 25.3 Å². The summed E-state index contributed by atoms with van der Waals surface area (Å²) in [4.78, 5) is 11.7. The van der Waals surface area contributed by atoms with Crippen LogP contribution in [0.3, 0.4) is 0 Å². The SMILES string of the molecule is COC(CN)C(=O)Nc1ccc2c(c1)OCO2.Cl. The summed E-state index contributed by atoms with van der Waals surface area (Å²) in [5, 5.41) is 2.69. The maximum absolute atomic E-state index is 11.7. The molecule has 0 bridgehead atoms. The molecule has 1 aliphatic rings. The number of hydrogen-bond donors (Lipinski definition) is 2. The summed E-state index contributed by atoms with van der Waals surface area (Å²) in [5.41, 5.74) is 6.02. The molecule has 100 valence electrons. The van der Waals surface area contributed by atoms with E-state index in [9.17, 15) is 4.79 Å². The van der Waals surface area contributed by atoms with Gasteiger partial charge in [0.05, 0.1) is 0 Å². The van der Waals surface area contributed by atoms with Crippen LogP contribution in [0, 0.1) is 0 Å². The van der Waals surface area contributed by atoms with Crippen molar-refractivity contribution >= 4 is 24.0 Å². The molecule has 1 unspecified atom stereocenters. The Labute approximate surface area is 111 Å². The number of nitrogens with one attached hydrogen (secondary N) is 1. The molecule has 0 spiro atoms. The van der Waals surface area contributed by atoms with Crippen LogP contribution >= 0.6 is 12.4 Å². The van der Waals surface area contributed by atoms with Gasteiger partial charge in [-0.2, -0.15) is 0 Å². The molecule has 6 nitrogen and oxygen atoms in total. The van der Waals surface area contributed by atoms with Crippen LogP contribution in [-0.2, 0) is 9.53 Å². The number of methoxy groups -OCH3 is 1. The summed E-state index contributed by atoms with van der Waals surface area (Å²) in [7, 11) is 1.44. The Kier molecular flexibility index (Phi) is 5.21. The first-order valence-electron chi connectivity index (χ1n) is 5.18. The number of amides is 1. The van der Waals surface area contributed by atoms with E-state index in [-0.39, 0.29) is 31.7 Å². The number of halogens is 1. The molecule has 0 saturated carbocycles. The van der Waals surface area contributed by atoms with E-state index in [0.717, 1.165) is 0 Å². The highest BCUT2D eigenvalue weighted by molar-refractivity contribution is 5.94. The van der Waals surface area contributed by atoms with Crippen LogP contribution in [-0.4, -0.2) is 32.5 Å². The molecule has 1 heterocycles. The summed E-state index contributed by atoms with van der Waals surface area (Å²) >= 11 is 0. The van der Waals surface area contributed by atoms with Crippen molar-refractivity contribution in [3.8, 4) is 11.5 Å². The Bertz CT molecular complexity index is 424. The van der Waals surface area contributed by atoms with Crippen LogP contribution in [0.2, 0.25) is 0 Å². The van der Waals surface area contributed by atoms with Gasteiger partial charge in [0.2, 0.25) is 6.79 Å². The number of nitrogens with two attached hydrogens (primary N) is 1. The van der Waals surface area contributed by atoms with Crippen LogP contribution in [0.5, 0.6) is 11.5 Å². The molecule has 18 heavy (non-hydrogen) atoms. The van der Waals surface area contributed by atoms with Gasteiger partial charge in [0, 0.05) is 25.4 Å². The molecular formula is C11H15ClN2O4. The molecule has 1 amide bonds. The second-order valence-corrected chi connectivity index (χ2v) is 3.52. The van der Waals surface area contributed by atoms with Crippen LogP contribution in [0.4, 0.5) is 5.69 Å². The van der Waals surface area contributed by atoms with Gasteiger partial charge in [-0.15, -0.1) is 12.4 Å². The minimum atomic E-state index is -0.652. The highest BCUT2D eigenvalue weighted by atomic mass is 35.5. The zero-order valence-corrected chi connectivity index (χ0v) is 10.7. The third kappa shape index (κ3) is 3.04. The maximum atomic E-state index is 11.7. The number of carbonyl (C=O) groups is 1. The van der Waals surface area contributed by atoms with Crippen LogP contribution in [0.25, 0.3) is 0 Å². The Morgan fingerprint density at radius 1 is 1.50 bits per heavy atom. The molecule has 2 rings (SSSR count). The van der Waals surface area contributed by atoms with Gasteiger partial charge >= 0.3 is 0 Å². The standard InChI is InChI=1S/C11H14N2O4.ClH/c1-15-10(5-12)11(14)13-7-2-3-8-9(4-7)17-6-16-8;/h2-4,10H,5-6,12H2,1H3,(H,13,14);1H. The molecule has 7 heteroatoms. The van der Waals surface area contributed by atoms with Crippen LogP contribution in [0.1, 0.15) is 0 Å². The summed E-state index contributed by atoms with van der Waals surface area (Å²) in [6.07, 6.45) is -0.652. The average Bonchev–Trinajstić information content (AvgIpc) is 2.77. The Hall–Kier alpha value is -1.50. The van der Waals surface area contributed by atoms with Crippen molar-refractivity contribution in [3.05, 3.63) is 18.2 Å². The van der Waals surface area contributed by atoms with Crippen molar-refractivity contribution < 1.29 is 19.0 Å². The fraction of sp³-hybridized carbons (Fsp3) is 0.364. The van der Waals surface area contributed by atoms with E-state index in [1.807, 2.05) is 0 Å². The minimum Gasteiger partial charge on any atom is -0.454 e. The lowest BCUT2D eigenvalue weighted by molar-refractivity contribution is -0.125. The molecule has 1 aromatic carbocycles. The lowest BCUT2D eigenvalue weighted by Crippen LogP contribution is -2.35. The molecule has 0 fully saturated rings. The lowest BCUT2D eigenvalue weighted by atomic mass is 10.2. The zero-order chi connectivity index (χ0) is 12.3. The largest absolute Gasteiger partial charge is 0.454 e. The normalized spacial score (nSPS) is 13.7. The van der Waals surface area contributed by atoms with E-state index in [1.54, 1.807) is 18.2 Å². The predicted molar refractivity (Wildman–Crippen MR) is 68.3 cm³/mol. The van der Waals surface area contributed by atoms with Crippen molar-refractivity contribution in [2.75, 3.05) is 25.8 Å². The molecule has 1 aromatic rings. The first kappa shape index (κ1) is 14.6. The lowest BCUT2D eigenvalue weighted by Gasteiger charge is -2.13. The van der Waals surface area contributed by atoms with Crippen molar-refractivity contribution in [1.82, 2.24) is 0 Å². The van der Waals surface area contributed by atoms with Crippen molar-refractivity contribution in [1.29, 1.82) is 0 Å². The minimum absolute atomic E-state index is 0. The second-order valence-electron chi connectivity index (χ2n) is 3.52. The molecule has 0 radical (unpaired) electrons. The van der Waals surface area contributed by atoms with Crippen molar-refractivity contribution in [2.24, 2.45) is 5.73 Å². The van der Waals surface area contributed by atoms with E-state index < -0.39 is 6.10 Å².